The van der Waals surface area contributed by atoms with Gasteiger partial charge in [-0.05, 0) is 45.9 Å². The number of hydrogen-bond donors (Lipinski definition) is 1. The largest absolute Gasteiger partial charge is 0.467 e. The van der Waals surface area contributed by atoms with Gasteiger partial charge in [0, 0.05) is 18.4 Å². The van der Waals surface area contributed by atoms with E-state index in [2.05, 4.69) is 15.0 Å². The van der Waals surface area contributed by atoms with Crippen molar-refractivity contribution in [2.24, 2.45) is 7.05 Å². The van der Waals surface area contributed by atoms with E-state index in [1.807, 2.05) is 52.9 Å². The van der Waals surface area contributed by atoms with E-state index in [-0.39, 0.29) is 5.91 Å². The molecule has 0 saturated carbocycles. The molecule has 1 amide bonds. The number of aryl methyl sites for hydroxylation is 3. The van der Waals surface area contributed by atoms with Gasteiger partial charge < -0.3 is 14.3 Å². The molecule has 6 heteroatoms. The van der Waals surface area contributed by atoms with E-state index in [1.165, 1.54) is 0 Å². The predicted molar refractivity (Wildman–Crippen MR) is 92.4 cm³/mol. The van der Waals surface area contributed by atoms with Crippen molar-refractivity contribution in [3.63, 3.8) is 0 Å². The highest BCUT2D eigenvalue weighted by Gasteiger charge is 2.19. The Balaban J connectivity index is 1.88. The Morgan fingerprint density at radius 3 is 2.58 bits per heavy atom. The second kappa shape index (κ2) is 6.03. The Hall–Kier alpha value is -2.76. The summed E-state index contributed by atoms with van der Waals surface area (Å²) in [5, 5.41) is 7.33. The van der Waals surface area contributed by atoms with Gasteiger partial charge in [-0.3, -0.25) is 9.48 Å². The smallest absolute Gasteiger partial charge is 0.257 e. The van der Waals surface area contributed by atoms with Crippen LogP contribution < -0.4 is 5.32 Å². The lowest BCUT2D eigenvalue weighted by atomic mass is 10.2. The number of amides is 1. The van der Waals surface area contributed by atoms with Gasteiger partial charge in [-0.2, -0.15) is 5.10 Å². The summed E-state index contributed by atoms with van der Waals surface area (Å²) in [6.45, 7) is 8.39. The van der Waals surface area contributed by atoms with E-state index >= 15 is 0 Å². The molecule has 0 atom stereocenters. The van der Waals surface area contributed by atoms with Crippen LogP contribution in [0.15, 0.2) is 28.9 Å². The second-order valence-electron chi connectivity index (χ2n) is 6.07. The molecule has 0 unspecified atom stereocenters. The van der Waals surface area contributed by atoms with E-state index < -0.39 is 0 Å². The van der Waals surface area contributed by atoms with Crippen LogP contribution in [0.25, 0.3) is 0 Å². The van der Waals surface area contributed by atoms with Crippen molar-refractivity contribution in [3.05, 3.63) is 58.6 Å². The predicted octanol–water partition coefficient (Wildman–Crippen LogP) is 3.35. The number of hydrogen-bond acceptors (Lipinski definition) is 3. The van der Waals surface area contributed by atoms with Crippen LogP contribution in [0, 0.1) is 27.7 Å². The normalized spacial score (nSPS) is 11.0. The first kappa shape index (κ1) is 16.1. The van der Waals surface area contributed by atoms with Gasteiger partial charge >= 0.3 is 0 Å². The van der Waals surface area contributed by atoms with E-state index in [9.17, 15) is 4.79 Å². The van der Waals surface area contributed by atoms with Crippen LogP contribution in [-0.4, -0.2) is 20.3 Å². The van der Waals surface area contributed by atoms with Crippen molar-refractivity contribution in [1.29, 1.82) is 0 Å². The zero-order valence-electron chi connectivity index (χ0n) is 14.7. The molecule has 0 fully saturated rings. The van der Waals surface area contributed by atoms with Crippen molar-refractivity contribution >= 4 is 11.6 Å². The Bertz CT molecular complexity index is 885. The SMILES string of the molecule is Cc1nn(C)c(C)c1NC(=O)c1cc(C)n(Cc2ccco2)c1C. The van der Waals surface area contributed by atoms with Crippen LogP contribution in [-0.2, 0) is 13.6 Å². The number of aromatic nitrogens is 3. The molecule has 3 heterocycles. The topological polar surface area (TPSA) is 65.0 Å². The maximum Gasteiger partial charge on any atom is 0.257 e. The highest BCUT2D eigenvalue weighted by molar-refractivity contribution is 6.05. The van der Waals surface area contributed by atoms with E-state index in [4.69, 9.17) is 4.42 Å². The first-order valence-electron chi connectivity index (χ1n) is 7.89. The molecule has 6 nitrogen and oxygen atoms in total. The van der Waals surface area contributed by atoms with E-state index in [1.54, 1.807) is 10.9 Å². The van der Waals surface area contributed by atoms with Crippen molar-refractivity contribution in [1.82, 2.24) is 14.3 Å². The monoisotopic (exact) mass is 326 g/mol. The van der Waals surface area contributed by atoms with Gasteiger partial charge in [0.05, 0.1) is 35.4 Å². The van der Waals surface area contributed by atoms with Gasteiger partial charge in [-0.15, -0.1) is 0 Å². The van der Waals surface area contributed by atoms with Gasteiger partial charge in [0.15, 0.2) is 0 Å². The van der Waals surface area contributed by atoms with Crippen LogP contribution in [0.4, 0.5) is 5.69 Å². The van der Waals surface area contributed by atoms with E-state index in [0.717, 1.165) is 34.2 Å². The standard InChI is InChI=1S/C18H22N4O2/c1-11-9-16(13(3)22(11)10-15-7-6-8-24-15)18(23)19-17-12(2)20-21(5)14(17)4/h6-9H,10H2,1-5H3,(H,19,23). The maximum absolute atomic E-state index is 12.7. The Morgan fingerprint density at radius 2 is 2.00 bits per heavy atom. The van der Waals surface area contributed by atoms with Gasteiger partial charge in [0.25, 0.3) is 5.91 Å². The number of carbonyl (C=O) groups is 1. The lowest BCUT2D eigenvalue weighted by molar-refractivity contribution is 0.102. The summed E-state index contributed by atoms with van der Waals surface area (Å²) < 4.78 is 9.26. The molecular weight excluding hydrogens is 304 g/mol. The number of nitrogens with zero attached hydrogens (tertiary/aromatic N) is 3. The maximum atomic E-state index is 12.7. The van der Waals surface area contributed by atoms with Crippen molar-refractivity contribution in [2.75, 3.05) is 5.32 Å². The minimum Gasteiger partial charge on any atom is -0.467 e. The minimum atomic E-state index is -0.118. The molecule has 3 aromatic heterocycles. The van der Waals surface area contributed by atoms with Crippen LogP contribution in [0.1, 0.15) is 38.9 Å². The molecule has 0 aliphatic rings. The number of carbonyl (C=O) groups excluding carboxylic acids is 1. The summed E-state index contributed by atoms with van der Waals surface area (Å²) in [4.78, 5) is 12.7. The molecule has 126 valence electrons. The molecule has 3 rings (SSSR count). The fourth-order valence-electron chi connectivity index (χ4n) is 2.97. The third-order valence-corrected chi connectivity index (χ3v) is 4.46. The molecule has 0 saturated heterocycles. The summed E-state index contributed by atoms with van der Waals surface area (Å²) in [6.07, 6.45) is 1.66. The second-order valence-corrected chi connectivity index (χ2v) is 6.07. The number of nitrogens with one attached hydrogen (secondary N) is 1. The number of furan rings is 1. The summed E-state index contributed by atoms with van der Waals surface area (Å²) in [6, 6.07) is 5.71. The molecule has 3 aromatic rings. The quantitative estimate of drug-likeness (QED) is 0.799. The molecule has 0 spiro atoms. The number of rotatable bonds is 4. The van der Waals surface area contributed by atoms with E-state index in [0.29, 0.717) is 12.1 Å². The summed E-state index contributed by atoms with van der Waals surface area (Å²) >= 11 is 0. The first-order chi connectivity index (χ1) is 11.4. The third kappa shape index (κ3) is 2.75. The van der Waals surface area contributed by atoms with Gasteiger partial charge in [0.1, 0.15) is 5.76 Å². The molecule has 0 bridgehead atoms. The Morgan fingerprint density at radius 1 is 1.25 bits per heavy atom. The minimum absolute atomic E-state index is 0.118. The summed E-state index contributed by atoms with van der Waals surface area (Å²) in [5.74, 6) is 0.746. The molecule has 0 aliphatic heterocycles. The fourth-order valence-corrected chi connectivity index (χ4v) is 2.97. The van der Waals surface area contributed by atoms with Gasteiger partial charge in [-0.1, -0.05) is 0 Å². The zero-order chi connectivity index (χ0) is 17.4. The van der Waals surface area contributed by atoms with Crippen molar-refractivity contribution < 1.29 is 9.21 Å². The fraction of sp³-hybridized carbons (Fsp3) is 0.333. The lowest BCUT2D eigenvalue weighted by Crippen LogP contribution is -2.14. The average molecular weight is 326 g/mol. The van der Waals surface area contributed by atoms with Crippen LogP contribution in [0.3, 0.4) is 0 Å². The summed E-state index contributed by atoms with van der Waals surface area (Å²) in [5.41, 5.74) is 5.13. The van der Waals surface area contributed by atoms with Crippen LogP contribution in [0.2, 0.25) is 0 Å². The van der Waals surface area contributed by atoms with Gasteiger partial charge in [0.2, 0.25) is 0 Å². The molecule has 1 N–H and O–H groups in total. The van der Waals surface area contributed by atoms with Crippen molar-refractivity contribution in [2.45, 2.75) is 34.2 Å². The van der Waals surface area contributed by atoms with Crippen molar-refractivity contribution in [3.8, 4) is 0 Å². The lowest BCUT2D eigenvalue weighted by Gasteiger charge is -2.09. The average Bonchev–Trinajstić information content (AvgIpc) is 3.20. The highest BCUT2D eigenvalue weighted by Crippen LogP contribution is 2.22. The van der Waals surface area contributed by atoms with Gasteiger partial charge in [-0.25, -0.2) is 0 Å². The highest BCUT2D eigenvalue weighted by atomic mass is 16.3. The zero-order valence-corrected chi connectivity index (χ0v) is 14.7. The van der Waals surface area contributed by atoms with Crippen LogP contribution >= 0.6 is 0 Å². The number of anilines is 1. The molecule has 24 heavy (non-hydrogen) atoms. The molecule has 0 aromatic carbocycles. The summed E-state index contributed by atoms with van der Waals surface area (Å²) in [7, 11) is 1.87. The van der Waals surface area contributed by atoms with Crippen LogP contribution in [0.5, 0.6) is 0 Å². The Kier molecular flexibility index (Phi) is 4.05. The first-order valence-corrected chi connectivity index (χ1v) is 7.89. The third-order valence-electron chi connectivity index (χ3n) is 4.46. The molecular formula is C18H22N4O2. The Labute approximate surface area is 141 Å². The molecule has 0 aliphatic carbocycles. The molecule has 0 radical (unpaired) electrons.